The largest absolute Gasteiger partial charge is 0.480 e. The predicted molar refractivity (Wildman–Crippen MR) is 117 cm³/mol. The number of carboxylic acids is 1. The van der Waals surface area contributed by atoms with Crippen LogP contribution >= 0.6 is 0 Å². The van der Waals surface area contributed by atoms with Crippen molar-refractivity contribution in [3.63, 3.8) is 0 Å². The topological polar surface area (TPSA) is 105 Å². The third kappa shape index (κ3) is 4.85. The van der Waals surface area contributed by atoms with E-state index in [0.29, 0.717) is 13.3 Å². The number of carbonyl (C=O) groups excluding carboxylic acids is 2. The van der Waals surface area contributed by atoms with E-state index < -0.39 is 35.7 Å². The number of alkyl carbamates (subject to hydrolysis) is 1. The van der Waals surface area contributed by atoms with Gasteiger partial charge >= 0.3 is 18.2 Å². The van der Waals surface area contributed by atoms with Crippen molar-refractivity contribution in [2.75, 3.05) is 6.61 Å². The van der Waals surface area contributed by atoms with Gasteiger partial charge in [-0.3, -0.25) is 10.1 Å². The molecule has 0 fully saturated rings. The van der Waals surface area contributed by atoms with Gasteiger partial charge in [-0.05, 0) is 35.6 Å². The summed E-state index contributed by atoms with van der Waals surface area (Å²) >= 11 is 0. The Hall–Kier alpha value is -3.56. The Balaban J connectivity index is 1.75. The van der Waals surface area contributed by atoms with E-state index in [2.05, 4.69) is 0 Å². The number of hydrogen-bond donors (Lipinski definition) is 3. The lowest BCUT2D eigenvalue weighted by Gasteiger charge is -2.32. The quantitative estimate of drug-likeness (QED) is 0.527. The summed E-state index contributed by atoms with van der Waals surface area (Å²) in [4.78, 5) is 36.1. The van der Waals surface area contributed by atoms with Crippen LogP contribution in [0, 0.1) is 0 Å². The van der Waals surface area contributed by atoms with Crippen molar-refractivity contribution < 1.29 is 37.4 Å². The number of aliphatic carboxylic acids is 1. The lowest BCUT2D eigenvalue weighted by molar-refractivity contribution is -0.195. The van der Waals surface area contributed by atoms with Crippen LogP contribution in [0.2, 0.25) is 0 Å². The van der Waals surface area contributed by atoms with E-state index in [-0.39, 0.29) is 18.9 Å². The van der Waals surface area contributed by atoms with Gasteiger partial charge in [0, 0.05) is 5.92 Å². The number of carboxylic acid groups (broad SMARTS) is 1. The molecule has 182 valence electrons. The van der Waals surface area contributed by atoms with Gasteiger partial charge in [0.25, 0.3) is 5.91 Å². The zero-order chi connectivity index (χ0) is 25.1. The van der Waals surface area contributed by atoms with Crippen molar-refractivity contribution in [3.8, 4) is 11.1 Å². The van der Waals surface area contributed by atoms with Crippen molar-refractivity contribution in [3.05, 3.63) is 59.7 Å². The number of benzene rings is 2. The van der Waals surface area contributed by atoms with Gasteiger partial charge in [0.15, 0.2) is 0 Å². The van der Waals surface area contributed by atoms with Crippen molar-refractivity contribution in [1.82, 2.24) is 10.6 Å². The van der Waals surface area contributed by atoms with Crippen LogP contribution in [0.1, 0.15) is 43.7 Å². The zero-order valence-corrected chi connectivity index (χ0v) is 18.6. The summed E-state index contributed by atoms with van der Waals surface area (Å²) < 4.78 is 46.6. The number of nitrogens with one attached hydrogen (secondary N) is 2. The Bertz CT molecular complexity index is 1040. The summed E-state index contributed by atoms with van der Waals surface area (Å²) in [5, 5.41) is 12.6. The van der Waals surface area contributed by atoms with Crippen LogP contribution in [0.4, 0.5) is 18.0 Å². The summed E-state index contributed by atoms with van der Waals surface area (Å²) in [6.07, 6.45) is -6.41. The SMILES string of the molecule is CCC[C@H](NC(=O)C(C)(NC(=O)OCC1c2ccccc2-c2ccccc21)C(F)(F)F)C(=O)O. The third-order valence-electron chi connectivity index (χ3n) is 5.90. The normalized spacial score (nSPS) is 15.4. The second-order valence-corrected chi connectivity index (χ2v) is 8.23. The summed E-state index contributed by atoms with van der Waals surface area (Å²) in [7, 11) is 0. The number of alkyl halides is 3. The molecule has 0 saturated carbocycles. The van der Waals surface area contributed by atoms with Crippen molar-refractivity contribution in [1.29, 1.82) is 0 Å². The fourth-order valence-corrected chi connectivity index (χ4v) is 3.94. The Morgan fingerprint density at radius 1 is 1.03 bits per heavy atom. The highest BCUT2D eigenvalue weighted by atomic mass is 19.4. The summed E-state index contributed by atoms with van der Waals surface area (Å²) in [5.41, 5.74) is 0.245. The van der Waals surface area contributed by atoms with Crippen molar-refractivity contribution in [2.24, 2.45) is 0 Å². The molecular weight excluding hydrogens is 453 g/mol. The minimum Gasteiger partial charge on any atom is -0.480 e. The maximum absolute atomic E-state index is 13.8. The van der Waals surface area contributed by atoms with Gasteiger partial charge in [-0.1, -0.05) is 61.9 Å². The Morgan fingerprint density at radius 2 is 1.56 bits per heavy atom. The van der Waals surface area contributed by atoms with E-state index in [4.69, 9.17) is 9.84 Å². The van der Waals surface area contributed by atoms with Gasteiger partial charge in [0.2, 0.25) is 5.54 Å². The van der Waals surface area contributed by atoms with E-state index in [1.54, 1.807) is 12.2 Å². The number of fused-ring (bicyclic) bond motifs is 3. The second-order valence-electron chi connectivity index (χ2n) is 8.23. The van der Waals surface area contributed by atoms with Gasteiger partial charge in [-0.25, -0.2) is 9.59 Å². The number of hydrogen-bond acceptors (Lipinski definition) is 4. The molecular formula is C24H25F3N2O5. The van der Waals surface area contributed by atoms with E-state index in [1.165, 1.54) is 0 Å². The molecule has 10 heteroatoms. The van der Waals surface area contributed by atoms with Gasteiger partial charge in [0.05, 0.1) is 0 Å². The van der Waals surface area contributed by atoms with E-state index in [9.17, 15) is 27.6 Å². The minimum atomic E-state index is -5.21. The fraction of sp³-hybridized carbons (Fsp3) is 0.375. The molecule has 0 bridgehead atoms. The summed E-state index contributed by atoms with van der Waals surface area (Å²) in [6.45, 7) is 1.84. The van der Waals surface area contributed by atoms with Gasteiger partial charge < -0.3 is 15.2 Å². The highest BCUT2D eigenvalue weighted by Gasteiger charge is 2.58. The molecule has 34 heavy (non-hydrogen) atoms. The molecule has 0 heterocycles. The third-order valence-corrected chi connectivity index (χ3v) is 5.90. The second kappa shape index (κ2) is 9.74. The standard InChI is InChI=1S/C24H25F3N2O5/c1-3-8-19(20(30)31)28-21(32)23(2,24(25,26)27)29-22(33)34-13-18-16-11-6-4-9-14(16)15-10-5-7-12-17(15)18/h4-7,9-12,18-19H,3,8,13H2,1-2H3,(H,28,32)(H,29,33)(H,30,31)/t19-,23?/m0/s1. The molecule has 1 unspecified atom stereocenters. The van der Waals surface area contributed by atoms with Crippen LogP contribution in [-0.4, -0.2) is 47.4 Å². The van der Waals surface area contributed by atoms with Crippen LogP contribution < -0.4 is 10.6 Å². The Morgan fingerprint density at radius 3 is 2.03 bits per heavy atom. The number of halogens is 3. The summed E-state index contributed by atoms with van der Waals surface area (Å²) in [6, 6.07) is 13.4. The van der Waals surface area contributed by atoms with E-state index in [0.717, 1.165) is 22.3 Å². The Kier molecular flexibility index (Phi) is 7.18. The summed E-state index contributed by atoms with van der Waals surface area (Å²) in [5.74, 6) is -3.54. The first-order valence-corrected chi connectivity index (χ1v) is 10.7. The molecule has 1 aliphatic carbocycles. The highest BCUT2D eigenvalue weighted by molar-refractivity contribution is 5.93. The Labute approximate surface area is 194 Å². The van der Waals surface area contributed by atoms with Crippen LogP contribution in [0.5, 0.6) is 0 Å². The van der Waals surface area contributed by atoms with Gasteiger partial charge in [0.1, 0.15) is 12.6 Å². The first-order chi connectivity index (χ1) is 16.0. The molecule has 1 aliphatic rings. The molecule has 3 rings (SSSR count). The molecule has 3 N–H and O–H groups in total. The predicted octanol–water partition coefficient (Wildman–Crippen LogP) is 4.22. The minimum absolute atomic E-state index is 0.0695. The molecule has 0 saturated heterocycles. The first kappa shape index (κ1) is 25.1. The lowest BCUT2D eigenvalue weighted by Crippen LogP contribution is -2.66. The number of rotatable bonds is 8. The van der Waals surface area contributed by atoms with Crippen LogP contribution in [0.25, 0.3) is 11.1 Å². The average molecular weight is 478 g/mol. The van der Waals surface area contributed by atoms with Crippen molar-refractivity contribution in [2.45, 2.75) is 50.4 Å². The van der Waals surface area contributed by atoms with Crippen LogP contribution in [0.15, 0.2) is 48.5 Å². The lowest BCUT2D eigenvalue weighted by atomic mass is 9.98. The number of amides is 2. The molecule has 2 amide bonds. The first-order valence-electron chi connectivity index (χ1n) is 10.7. The number of ether oxygens (including phenoxy) is 1. The van der Waals surface area contributed by atoms with Crippen LogP contribution in [-0.2, 0) is 14.3 Å². The molecule has 0 aromatic heterocycles. The van der Waals surface area contributed by atoms with Gasteiger partial charge in [-0.2, -0.15) is 13.2 Å². The molecule has 7 nitrogen and oxygen atoms in total. The van der Waals surface area contributed by atoms with Gasteiger partial charge in [-0.15, -0.1) is 0 Å². The molecule has 2 aromatic rings. The van der Waals surface area contributed by atoms with E-state index in [1.807, 2.05) is 53.8 Å². The van der Waals surface area contributed by atoms with E-state index >= 15 is 0 Å². The maximum Gasteiger partial charge on any atom is 0.420 e. The molecule has 2 atom stereocenters. The maximum atomic E-state index is 13.8. The van der Waals surface area contributed by atoms with Crippen molar-refractivity contribution >= 4 is 18.0 Å². The highest BCUT2D eigenvalue weighted by Crippen LogP contribution is 2.44. The molecule has 2 aromatic carbocycles. The average Bonchev–Trinajstić information content (AvgIpc) is 3.10. The molecule has 0 radical (unpaired) electrons. The zero-order valence-electron chi connectivity index (χ0n) is 18.6. The fourth-order valence-electron chi connectivity index (χ4n) is 3.94. The van der Waals surface area contributed by atoms with Crippen LogP contribution in [0.3, 0.4) is 0 Å². The smallest absolute Gasteiger partial charge is 0.420 e. The molecule has 0 spiro atoms. The molecule has 0 aliphatic heterocycles. The number of carbonyl (C=O) groups is 3. The monoisotopic (exact) mass is 478 g/mol.